The molecule has 1 rings (SSSR count). The van der Waals surface area contributed by atoms with E-state index in [-0.39, 0.29) is 12.5 Å². The molecule has 0 spiro atoms. The molecular weight excluding hydrogens is 204 g/mol. The highest BCUT2D eigenvalue weighted by Gasteiger charge is 2.15. The summed E-state index contributed by atoms with van der Waals surface area (Å²) in [5, 5.41) is 2.77. The fraction of sp³-hybridized carbons (Fsp3) is 0.417. The van der Waals surface area contributed by atoms with E-state index in [2.05, 4.69) is 12.2 Å². The lowest BCUT2D eigenvalue weighted by Gasteiger charge is -2.13. The van der Waals surface area contributed by atoms with Crippen LogP contribution in [0.2, 0.25) is 0 Å². The van der Waals surface area contributed by atoms with Crippen LogP contribution in [0.5, 0.6) is 0 Å². The second-order valence-corrected chi connectivity index (χ2v) is 3.50. The van der Waals surface area contributed by atoms with Gasteiger partial charge < -0.3 is 15.8 Å². The average Bonchev–Trinajstić information content (AvgIpc) is 2.31. The number of hydrogen-bond donors (Lipinski definition) is 2. The van der Waals surface area contributed by atoms with Crippen LogP contribution in [0.1, 0.15) is 12.5 Å². The van der Waals surface area contributed by atoms with E-state index in [0.29, 0.717) is 0 Å². The van der Waals surface area contributed by atoms with Crippen LogP contribution in [0.15, 0.2) is 24.3 Å². The Morgan fingerprint density at radius 2 is 2.31 bits per heavy atom. The lowest BCUT2D eigenvalue weighted by Crippen LogP contribution is -2.35. The zero-order valence-corrected chi connectivity index (χ0v) is 9.69. The van der Waals surface area contributed by atoms with Gasteiger partial charge in [-0.15, -0.1) is 0 Å². The van der Waals surface area contributed by atoms with Crippen LogP contribution >= 0.6 is 0 Å². The molecule has 0 aliphatic carbocycles. The van der Waals surface area contributed by atoms with Gasteiger partial charge in [-0.3, -0.25) is 4.79 Å². The zero-order chi connectivity index (χ0) is 12.0. The first-order chi connectivity index (χ1) is 7.71. The van der Waals surface area contributed by atoms with E-state index in [9.17, 15) is 4.79 Å². The van der Waals surface area contributed by atoms with E-state index in [1.165, 1.54) is 12.7 Å². The van der Waals surface area contributed by atoms with Crippen molar-refractivity contribution in [3.63, 3.8) is 0 Å². The number of ether oxygens (including phenoxy) is 1. The standard InChI is InChI=1S/C12H18N2O2/c1-3-9-5-4-6-10(7-9)14-12(15)11(8-13)16-2/h4-7,11H,3,8,13H2,1-2H3,(H,14,15). The number of methoxy groups -OCH3 is 1. The molecule has 1 aromatic carbocycles. The quantitative estimate of drug-likeness (QED) is 0.785. The predicted molar refractivity (Wildman–Crippen MR) is 64.3 cm³/mol. The summed E-state index contributed by atoms with van der Waals surface area (Å²) in [5.74, 6) is -0.210. The lowest BCUT2D eigenvalue weighted by molar-refractivity contribution is -0.125. The molecule has 16 heavy (non-hydrogen) atoms. The van der Waals surface area contributed by atoms with Gasteiger partial charge in [-0.2, -0.15) is 0 Å². The summed E-state index contributed by atoms with van der Waals surface area (Å²) in [5.41, 5.74) is 7.37. The van der Waals surface area contributed by atoms with Crippen LogP contribution < -0.4 is 11.1 Å². The number of anilines is 1. The van der Waals surface area contributed by atoms with Crippen LogP contribution in [0.4, 0.5) is 5.69 Å². The van der Waals surface area contributed by atoms with Gasteiger partial charge >= 0.3 is 0 Å². The second-order valence-electron chi connectivity index (χ2n) is 3.50. The Balaban J connectivity index is 2.68. The molecule has 4 heteroatoms. The van der Waals surface area contributed by atoms with Gasteiger partial charge in [0.25, 0.3) is 5.91 Å². The fourth-order valence-corrected chi connectivity index (χ4v) is 1.40. The van der Waals surface area contributed by atoms with Crippen molar-refractivity contribution in [1.82, 2.24) is 0 Å². The molecule has 0 aliphatic rings. The SMILES string of the molecule is CCc1cccc(NC(=O)C(CN)OC)c1. The topological polar surface area (TPSA) is 64.4 Å². The maximum Gasteiger partial charge on any atom is 0.254 e. The Morgan fingerprint density at radius 3 is 2.88 bits per heavy atom. The van der Waals surface area contributed by atoms with E-state index in [1.54, 1.807) is 0 Å². The van der Waals surface area contributed by atoms with Gasteiger partial charge in [0, 0.05) is 19.3 Å². The van der Waals surface area contributed by atoms with Crippen molar-refractivity contribution in [2.24, 2.45) is 5.73 Å². The Morgan fingerprint density at radius 1 is 1.56 bits per heavy atom. The van der Waals surface area contributed by atoms with Gasteiger partial charge in [-0.1, -0.05) is 19.1 Å². The summed E-state index contributed by atoms with van der Waals surface area (Å²) in [7, 11) is 1.47. The Bertz CT molecular complexity index is 349. The van der Waals surface area contributed by atoms with Crippen molar-refractivity contribution in [2.45, 2.75) is 19.4 Å². The van der Waals surface area contributed by atoms with E-state index >= 15 is 0 Å². The van der Waals surface area contributed by atoms with Gasteiger partial charge in [0.2, 0.25) is 0 Å². The minimum absolute atomic E-state index is 0.176. The molecule has 0 aromatic heterocycles. The number of benzene rings is 1. The van der Waals surface area contributed by atoms with Crippen LogP contribution in [0.25, 0.3) is 0 Å². The average molecular weight is 222 g/mol. The van der Waals surface area contributed by atoms with Crippen LogP contribution in [-0.4, -0.2) is 25.7 Å². The van der Waals surface area contributed by atoms with Crippen LogP contribution in [0, 0.1) is 0 Å². The Labute approximate surface area is 95.8 Å². The number of hydrogen-bond acceptors (Lipinski definition) is 3. The van der Waals surface area contributed by atoms with Crippen molar-refractivity contribution >= 4 is 11.6 Å². The number of nitrogens with two attached hydrogens (primary N) is 1. The van der Waals surface area contributed by atoms with E-state index in [1.807, 2.05) is 24.3 Å². The highest BCUT2D eigenvalue weighted by molar-refractivity contribution is 5.94. The summed E-state index contributed by atoms with van der Waals surface area (Å²) in [4.78, 5) is 11.7. The molecule has 1 aromatic rings. The molecular formula is C12H18N2O2. The van der Waals surface area contributed by atoms with Gasteiger partial charge in [0.05, 0.1) is 0 Å². The normalized spacial score (nSPS) is 12.2. The molecule has 0 fully saturated rings. The summed E-state index contributed by atoms with van der Waals surface area (Å²) in [6.45, 7) is 2.24. The van der Waals surface area contributed by atoms with Crippen molar-refractivity contribution in [1.29, 1.82) is 0 Å². The molecule has 4 nitrogen and oxygen atoms in total. The van der Waals surface area contributed by atoms with Gasteiger partial charge in [0.15, 0.2) is 0 Å². The van der Waals surface area contributed by atoms with Gasteiger partial charge in [0.1, 0.15) is 6.10 Å². The van der Waals surface area contributed by atoms with E-state index in [0.717, 1.165) is 12.1 Å². The first-order valence-corrected chi connectivity index (χ1v) is 5.34. The zero-order valence-electron chi connectivity index (χ0n) is 9.69. The first-order valence-electron chi connectivity index (χ1n) is 5.34. The van der Waals surface area contributed by atoms with Gasteiger partial charge in [-0.05, 0) is 24.1 Å². The highest BCUT2D eigenvalue weighted by atomic mass is 16.5. The van der Waals surface area contributed by atoms with E-state index < -0.39 is 6.10 Å². The molecule has 0 radical (unpaired) electrons. The number of carbonyl (C=O) groups excluding carboxylic acids is 1. The number of rotatable bonds is 5. The van der Waals surface area contributed by atoms with Crippen LogP contribution in [0.3, 0.4) is 0 Å². The minimum atomic E-state index is -0.592. The number of amides is 1. The molecule has 3 N–H and O–H groups in total. The Kier molecular flexibility index (Phi) is 4.95. The van der Waals surface area contributed by atoms with Crippen molar-refractivity contribution in [2.75, 3.05) is 19.0 Å². The summed E-state index contributed by atoms with van der Waals surface area (Å²) in [6, 6.07) is 7.73. The minimum Gasteiger partial charge on any atom is -0.370 e. The molecule has 0 heterocycles. The maximum atomic E-state index is 11.7. The molecule has 1 unspecified atom stereocenters. The predicted octanol–water partition coefficient (Wildman–Crippen LogP) is 1.16. The highest BCUT2D eigenvalue weighted by Crippen LogP contribution is 2.11. The van der Waals surface area contributed by atoms with E-state index in [4.69, 9.17) is 10.5 Å². The summed E-state index contributed by atoms with van der Waals surface area (Å²) in [6.07, 6.45) is 0.346. The number of aryl methyl sites for hydroxylation is 1. The number of nitrogens with one attached hydrogen (secondary N) is 1. The number of carbonyl (C=O) groups is 1. The smallest absolute Gasteiger partial charge is 0.254 e. The van der Waals surface area contributed by atoms with Crippen molar-refractivity contribution in [3.05, 3.63) is 29.8 Å². The third kappa shape index (κ3) is 3.32. The summed E-state index contributed by atoms with van der Waals surface area (Å²) >= 11 is 0. The monoisotopic (exact) mass is 222 g/mol. The molecule has 0 bridgehead atoms. The van der Waals surface area contributed by atoms with Crippen LogP contribution in [-0.2, 0) is 16.0 Å². The molecule has 0 aliphatic heterocycles. The van der Waals surface area contributed by atoms with Gasteiger partial charge in [-0.25, -0.2) is 0 Å². The molecule has 0 saturated carbocycles. The molecule has 88 valence electrons. The largest absolute Gasteiger partial charge is 0.370 e. The molecule has 0 saturated heterocycles. The maximum absolute atomic E-state index is 11.7. The Hall–Kier alpha value is -1.39. The second kappa shape index (κ2) is 6.25. The molecule has 1 amide bonds. The fourth-order valence-electron chi connectivity index (χ4n) is 1.40. The summed E-state index contributed by atoms with van der Waals surface area (Å²) < 4.78 is 4.95. The molecule has 1 atom stereocenters. The third-order valence-electron chi connectivity index (χ3n) is 2.39. The first kappa shape index (κ1) is 12.7. The van der Waals surface area contributed by atoms with Crippen molar-refractivity contribution in [3.8, 4) is 0 Å². The third-order valence-corrected chi connectivity index (χ3v) is 2.39. The van der Waals surface area contributed by atoms with Crippen molar-refractivity contribution < 1.29 is 9.53 Å². The lowest BCUT2D eigenvalue weighted by atomic mass is 10.1.